The predicted molar refractivity (Wildman–Crippen MR) is 87.6 cm³/mol. The Labute approximate surface area is 145 Å². The Balaban J connectivity index is 1.69. The van der Waals surface area contributed by atoms with E-state index < -0.39 is 21.7 Å². The fraction of sp³-hybridized carbons (Fsp3) is 0.353. The molecule has 1 aromatic carbocycles. The van der Waals surface area contributed by atoms with E-state index in [2.05, 4.69) is 4.98 Å². The van der Waals surface area contributed by atoms with Crippen molar-refractivity contribution in [2.45, 2.75) is 17.7 Å². The van der Waals surface area contributed by atoms with Crippen molar-refractivity contribution < 1.29 is 21.9 Å². The Morgan fingerprint density at radius 2 is 1.84 bits per heavy atom. The van der Waals surface area contributed by atoms with E-state index in [9.17, 15) is 17.2 Å². The fourth-order valence-electron chi connectivity index (χ4n) is 2.86. The first-order valence-corrected chi connectivity index (χ1v) is 9.38. The largest absolute Gasteiger partial charge is 0.493 e. The quantitative estimate of drug-likeness (QED) is 0.814. The van der Waals surface area contributed by atoms with Gasteiger partial charge in [-0.2, -0.15) is 4.31 Å². The van der Waals surface area contributed by atoms with E-state index in [1.807, 2.05) is 0 Å². The SMILES string of the molecule is O=S(=O)(c1cc(F)cc(F)c1)N1CCC[C@H](COc2ccncc2)C1. The lowest BCUT2D eigenvalue weighted by Gasteiger charge is -2.31. The van der Waals surface area contributed by atoms with Crippen molar-refractivity contribution in [3.63, 3.8) is 0 Å². The van der Waals surface area contributed by atoms with Crippen LogP contribution in [0.2, 0.25) is 0 Å². The van der Waals surface area contributed by atoms with Gasteiger partial charge in [0.2, 0.25) is 10.0 Å². The molecule has 0 spiro atoms. The molecule has 0 amide bonds. The van der Waals surface area contributed by atoms with Crippen LogP contribution in [-0.2, 0) is 10.0 Å². The highest BCUT2D eigenvalue weighted by atomic mass is 32.2. The molecule has 5 nitrogen and oxygen atoms in total. The zero-order valence-electron chi connectivity index (χ0n) is 13.4. The summed E-state index contributed by atoms with van der Waals surface area (Å²) in [5.41, 5.74) is 0. The molecule has 1 saturated heterocycles. The predicted octanol–water partition coefficient (Wildman–Crippen LogP) is 2.84. The molecule has 1 fully saturated rings. The number of benzene rings is 1. The minimum Gasteiger partial charge on any atom is -0.493 e. The Morgan fingerprint density at radius 1 is 1.16 bits per heavy atom. The van der Waals surface area contributed by atoms with Gasteiger partial charge in [0.05, 0.1) is 11.5 Å². The van der Waals surface area contributed by atoms with Crippen LogP contribution >= 0.6 is 0 Å². The monoisotopic (exact) mass is 368 g/mol. The average Bonchev–Trinajstić information content (AvgIpc) is 2.60. The lowest BCUT2D eigenvalue weighted by Crippen LogP contribution is -2.41. The fourth-order valence-corrected chi connectivity index (χ4v) is 4.45. The normalized spacial score (nSPS) is 18.9. The van der Waals surface area contributed by atoms with Crippen molar-refractivity contribution in [2.75, 3.05) is 19.7 Å². The van der Waals surface area contributed by atoms with Crippen LogP contribution in [0.25, 0.3) is 0 Å². The van der Waals surface area contributed by atoms with Gasteiger partial charge >= 0.3 is 0 Å². The van der Waals surface area contributed by atoms with Gasteiger partial charge in [0.15, 0.2) is 0 Å². The summed E-state index contributed by atoms with van der Waals surface area (Å²) in [5.74, 6) is -1.14. The van der Waals surface area contributed by atoms with Crippen molar-refractivity contribution in [1.29, 1.82) is 0 Å². The van der Waals surface area contributed by atoms with Crippen LogP contribution in [0.4, 0.5) is 8.78 Å². The summed E-state index contributed by atoms with van der Waals surface area (Å²) in [6, 6.07) is 5.80. The molecular formula is C17H18F2N2O3S. The molecule has 0 N–H and O–H groups in total. The number of hydrogen-bond acceptors (Lipinski definition) is 4. The van der Waals surface area contributed by atoms with E-state index in [4.69, 9.17) is 4.74 Å². The van der Waals surface area contributed by atoms with Gasteiger partial charge in [0.1, 0.15) is 17.4 Å². The number of ether oxygens (including phenoxy) is 1. The van der Waals surface area contributed by atoms with Crippen LogP contribution in [0.5, 0.6) is 5.75 Å². The topological polar surface area (TPSA) is 59.5 Å². The molecule has 0 aliphatic carbocycles. The van der Waals surface area contributed by atoms with Crippen LogP contribution in [0, 0.1) is 17.6 Å². The summed E-state index contributed by atoms with van der Waals surface area (Å²) in [6.45, 7) is 0.950. The van der Waals surface area contributed by atoms with Crippen molar-refractivity contribution in [3.8, 4) is 5.75 Å². The van der Waals surface area contributed by atoms with E-state index in [0.717, 1.165) is 18.6 Å². The second-order valence-corrected chi connectivity index (χ2v) is 7.91. The minimum atomic E-state index is -3.94. The summed E-state index contributed by atoms with van der Waals surface area (Å²) in [7, 11) is -3.94. The zero-order chi connectivity index (χ0) is 17.9. The third-order valence-corrected chi connectivity index (χ3v) is 5.93. The van der Waals surface area contributed by atoms with Gasteiger partial charge in [0.25, 0.3) is 0 Å². The summed E-state index contributed by atoms with van der Waals surface area (Å²) in [6.07, 6.45) is 4.73. The van der Waals surface area contributed by atoms with Crippen LogP contribution in [0.3, 0.4) is 0 Å². The summed E-state index contributed by atoms with van der Waals surface area (Å²) in [5, 5.41) is 0. The van der Waals surface area contributed by atoms with E-state index in [1.54, 1.807) is 24.5 Å². The van der Waals surface area contributed by atoms with Crippen molar-refractivity contribution in [1.82, 2.24) is 9.29 Å². The number of hydrogen-bond donors (Lipinski definition) is 0. The van der Waals surface area contributed by atoms with Gasteiger partial charge < -0.3 is 4.74 Å². The third-order valence-electron chi connectivity index (χ3n) is 4.09. The molecular weight excluding hydrogens is 350 g/mol. The molecule has 0 radical (unpaired) electrons. The standard InChI is InChI=1S/C17H18F2N2O3S/c18-14-8-15(19)10-17(9-14)25(22,23)21-7-1-2-13(11-21)12-24-16-3-5-20-6-4-16/h3-6,8-10,13H,1-2,7,11-12H2/t13-/m0/s1. The molecule has 1 aliphatic rings. The van der Waals surface area contributed by atoms with E-state index in [-0.39, 0.29) is 17.4 Å². The van der Waals surface area contributed by atoms with E-state index in [0.29, 0.717) is 31.4 Å². The Morgan fingerprint density at radius 3 is 2.52 bits per heavy atom. The molecule has 1 aliphatic heterocycles. The van der Waals surface area contributed by atoms with Crippen LogP contribution in [-0.4, -0.2) is 37.4 Å². The number of sulfonamides is 1. The van der Waals surface area contributed by atoms with E-state index >= 15 is 0 Å². The molecule has 1 aromatic heterocycles. The molecule has 25 heavy (non-hydrogen) atoms. The Kier molecular flexibility index (Phi) is 5.29. The lowest BCUT2D eigenvalue weighted by molar-refractivity contribution is 0.180. The molecule has 0 unspecified atom stereocenters. The molecule has 0 bridgehead atoms. The maximum Gasteiger partial charge on any atom is 0.243 e. The first kappa shape index (κ1) is 17.8. The zero-order valence-corrected chi connectivity index (χ0v) is 14.3. The molecule has 2 heterocycles. The van der Waals surface area contributed by atoms with Gasteiger partial charge in [0, 0.05) is 37.5 Å². The minimum absolute atomic E-state index is 0.00935. The van der Waals surface area contributed by atoms with Crippen molar-refractivity contribution in [2.24, 2.45) is 5.92 Å². The van der Waals surface area contributed by atoms with Gasteiger partial charge in [-0.1, -0.05) is 0 Å². The molecule has 1 atom stereocenters. The maximum atomic E-state index is 13.4. The van der Waals surface area contributed by atoms with Crippen LogP contribution in [0.1, 0.15) is 12.8 Å². The van der Waals surface area contributed by atoms with Crippen LogP contribution in [0.15, 0.2) is 47.6 Å². The maximum absolute atomic E-state index is 13.4. The number of pyridine rings is 1. The molecule has 8 heteroatoms. The highest BCUT2D eigenvalue weighted by Crippen LogP contribution is 2.25. The number of halogens is 2. The second kappa shape index (κ2) is 7.45. The van der Waals surface area contributed by atoms with Gasteiger partial charge in [-0.05, 0) is 37.1 Å². The van der Waals surface area contributed by atoms with Gasteiger partial charge in [-0.15, -0.1) is 0 Å². The van der Waals surface area contributed by atoms with Gasteiger partial charge in [-0.3, -0.25) is 4.98 Å². The summed E-state index contributed by atoms with van der Waals surface area (Å²) >= 11 is 0. The number of rotatable bonds is 5. The lowest BCUT2D eigenvalue weighted by atomic mass is 10.0. The second-order valence-electron chi connectivity index (χ2n) is 5.97. The first-order chi connectivity index (χ1) is 11.9. The molecule has 2 aromatic rings. The summed E-state index contributed by atoms with van der Waals surface area (Å²) < 4.78 is 59.0. The molecule has 0 saturated carbocycles. The smallest absolute Gasteiger partial charge is 0.243 e. The number of nitrogens with zero attached hydrogens (tertiary/aromatic N) is 2. The van der Waals surface area contributed by atoms with Crippen molar-refractivity contribution >= 4 is 10.0 Å². The van der Waals surface area contributed by atoms with Crippen molar-refractivity contribution in [3.05, 3.63) is 54.4 Å². The van der Waals surface area contributed by atoms with E-state index in [1.165, 1.54) is 4.31 Å². The highest BCUT2D eigenvalue weighted by Gasteiger charge is 2.31. The molecule has 134 valence electrons. The number of piperidine rings is 1. The third kappa shape index (κ3) is 4.32. The first-order valence-electron chi connectivity index (χ1n) is 7.94. The molecule has 3 rings (SSSR count). The van der Waals surface area contributed by atoms with Gasteiger partial charge in [-0.25, -0.2) is 17.2 Å². The Hall–Kier alpha value is -2.06. The Bertz CT molecular complexity index is 811. The highest BCUT2D eigenvalue weighted by molar-refractivity contribution is 7.89. The van der Waals surface area contributed by atoms with Crippen LogP contribution < -0.4 is 4.74 Å². The average molecular weight is 368 g/mol. The number of aromatic nitrogens is 1. The summed E-state index contributed by atoms with van der Waals surface area (Å²) in [4.78, 5) is 3.54.